The van der Waals surface area contributed by atoms with Crippen LogP contribution in [0.4, 0.5) is 13.2 Å². The Morgan fingerprint density at radius 3 is 2.72 bits per heavy atom. The van der Waals surface area contributed by atoms with Gasteiger partial charge in [-0.25, -0.2) is 0 Å². The Morgan fingerprint density at radius 1 is 1.61 bits per heavy atom. The van der Waals surface area contributed by atoms with Gasteiger partial charge >= 0.3 is 6.18 Å². The molecule has 0 amide bonds. The SMILES string of the molecule is CN1CCCC1CNCC(C(N)=NO)C(F)(F)F. The molecule has 0 aliphatic carbocycles. The number of likely N-dealkylation sites (N-methyl/N-ethyl adjacent to an activating group) is 1. The molecule has 106 valence electrons. The third-order valence-corrected chi connectivity index (χ3v) is 3.27. The van der Waals surface area contributed by atoms with E-state index >= 15 is 0 Å². The summed E-state index contributed by atoms with van der Waals surface area (Å²) >= 11 is 0. The molecule has 0 spiro atoms. The summed E-state index contributed by atoms with van der Waals surface area (Å²) in [6, 6.07) is 0.256. The van der Waals surface area contributed by atoms with Crippen LogP contribution < -0.4 is 11.1 Å². The van der Waals surface area contributed by atoms with Crippen molar-refractivity contribution in [2.75, 3.05) is 26.7 Å². The topological polar surface area (TPSA) is 73.9 Å². The molecule has 1 aliphatic heterocycles. The molecule has 0 radical (unpaired) electrons. The Hall–Kier alpha value is -1.02. The van der Waals surface area contributed by atoms with E-state index in [4.69, 9.17) is 10.9 Å². The van der Waals surface area contributed by atoms with E-state index < -0.39 is 17.9 Å². The monoisotopic (exact) mass is 268 g/mol. The second-order valence-electron chi connectivity index (χ2n) is 4.55. The van der Waals surface area contributed by atoms with Gasteiger partial charge in [-0.2, -0.15) is 13.2 Å². The fourth-order valence-corrected chi connectivity index (χ4v) is 2.09. The van der Waals surface area contributed by atoms with Crippen molar-refractivity contribution >= 4 is 5.84 Å². The van der Waals surface area contributed by atoms with Crippen molar-refractivity contribution in [1.29, 1.82) is 0 Å². The van der Waals surface area contributed by atoms with E-state index in [1.807, 2.05) is 7.05 Å². The second kappa shape index (κ2) is 6.24. The molecule has 2 unspecified atom stereocenters. The first-order valence-corrected chi connectivity index (χ1v) is 5.81. The largest absolute Gasteiger partial charge is 0.409 e. The van der Waals surface area contributed by atoms with Gasteiger partial charge in [-0.3, -0.25) is 0 Å². The molecule has 0 saturated carbocycles. The summed E-state index contributed by atoms with van der Waals surface area (Å²) in [6.45, 7) is 1.07. The van der Waals surface area contributed by atoms with Crippen molar-refractivity contribution in [2.45, 2.75) is 25.1 Å². The standard InChI is InChI=1S/C10H19F3N4O/c1-17-4-2-3-7(17)5-15-6-8(9(14)16-18)10(11,12)13/h7-8,15,18H,2-6H2,1H3,(H2,14,16). The van der Waals surface area contributed by atoms with Crippen LogP contribution in [0.5, 0.6) is 0 Å². The van der Waals surface area contributed by atoms with E-state index in [1.165, 1.54) is 0 Å². The number of rotatable bonds is 5. The first kappa shape index (κ1) is 15.0. The molecule has 4 N–H and O–H groups in total. The van der Waals surface area contributed by atoms with Crippen LogP contribution in [0.1, 0.15) is 12.8 Å². The number of hydrogen-bond donors (Lipinski definition) is 3. The number of nitrogens with one attached hydrogen (secondary N) is 1. The van der Waals surface area contributed by atoms with Gasteiger partial charge in [0.05, 0.1) is 0 Å². The van der Waals surface area contributed by atoms with Gasteiger partial charge in [0.15, 0.2) is 5.84 Å². The predicted molar refractivity (Wildman–Crippen MR) is 61.5 cm³/mol. The van der Waals surface area contributed by atoms with Crippen molar-refractivity contribution in [3.8, 4) is 0 Å². The minimum absolute atomic E-state index is 0.256. The van der Waals surface area contributed by atoms with Gasteiger partial charge in [0.1, 0.15) is 5.92 Å². The molecular weight excluding hydrogens is 249 g/mol. The Bertz CT molecular complexity index is 295. The first-order chi connectivity index (χ1) is 8.36. The highest BCUT2D eigenvalue weighted by Crippen LogP contribution is 2.26. The summed E-state index contributed by atoms with van der Waals surface area (Å²) in [5.74, 6) is -2.76. The minimum atomic E-state index is -4.51. The number of halogens is 3. The predicted octanol–water partition coefficient (Wildman–Crippen LogP) is 0.595. The molecule has 1 heterocycles. The van der Waals surface area contributed by atoms with E-state index in [-0.39, 0.29) is 12.6 Å². The van der Waals surface area contributed by atoms with E-state index in [9.17, 15) is 13.2 Å². The molecule has 0 aromatic rings. The summed E-state index contributed by atoms with van der Waals surface area (Å²) in [7, 11) is 1.95. The number of alkyl halides is 3. The highest BCUT2D eigenvalue weighted by atomic mass is 19.4. The number of nitrogens with two attached hydrogens (primary N) is 1. The maximum atomic E-state index is 12.6. The third-order valence-electron chi connectivity index (χ3n) is 3.27. The highest BCUT2D eigenvalue weighted by Gasteiger charge is 2.42. The van der Waals surface area contributed by atoms with E-state index in [1.54, 1.807) is 0 Å². The van der Waals surface area contributed by atoms with E-state index in [0.717, 1.165) is 19.4 Å². The molecule has 1 aliphatic rings. The molecule has 1 rings (SSSR count). The summed E-state index contributed by atoms with van der Waals surface area (Å²) < 4.78 is 37.8. The van der Waals surface area contributed by atoms with Crippen LogP contribution in [0.2, 0.25) is 0 Å². The molecule has 1 saturated heterocycles. The zero-order chi connectivity index (χ0) is 13.8. The molecule has 2 atom stereocenters. The highest BCUT2D eigenvalue weighted by molar-refractivity contribution is 5.83. The van der Waals surface area contributed by atoms with E-state index in [0.29, 0.717) is 6.54 Å². The summed E-state index contributed by atoms with van der Waals surface area (Å²) in [5, 5.41) is 13.5. The average molecular weight is 268 g/mol. The zero-order valence-electron chi connectivity index (χ0n) is 10.2. The first-order valence-electron chi connectivity index (χ1n) is 5.81. The molecule has 0 aromatic carbocycles. The Kier molecular flexibility index (Phi) is 5.21. The lowest BCUT2D eigenvalue weighted by Gasteiger charge is -2.23. The summed E-state index contributed by atoms with van der Waals surface area (Å²) in [4.78, 5) is 2.11. The van der Waals surface area contributed by atoms with Crippen molar-refractivity contribution in [3.63, 3.8) is 0 Å². The number of likely N-dealkylation sites (tertiary alicyclic amines) is 1. The molecule has 8 heteroatoms. The Balaban J connectivity index is 2.43. The van der Waals surface area contributed by atoms with Crippen molar-refractivity contribution in [1.82, 2.24) is 10.2 Å². The quantitative estimate of drug-likeness (QED) is 0.295. The van der Waals surface area contributed by atoms with Crippen LogP contribution in [-0.4, -0.2) is 54.8 Å². The molecular formula is C10H19F3N4O. The number of oxime groups is 1. The van der Waals surface area contributed by atoms with Crippen LogP contribution in [0.15, 0.2) is 5.16 Å². The van der Waals surface area contributed by atoms with Crippen LogP contribution >= 0.6 is 0 Å². The molecule has 18 heavy (non-hydrogen) atoms. The number of amidine groups is 1. The molecule has 0 bridgehead atoms. The van der Waals surface area contributed by atoms with Gasteiger partial charge in [0.25, 0.3) is 0 Å². The van der Waals surface area contributed by atoms with Crippen LogP contribution in [0, 0.1) is 5.92 Å². The lowest BCUT2D eigenvalue weighted by Crippen LogP contribution is -2.45. The Labute approximate surface area is 104 Å². The fourth-order valence-electron chi connectivity index (χ4n) is 2.09. The van der Waals surface area contributed by atoms with Gasteiger partial charge in [0.2, 0.25) is 0 Å². The van der Waals surface area contributed by atoms with Crippen LogP contribution in [-0.2, 0) is 0 Å². The minimum Gasteiger partial charge on any atom is -0.409 e. The van der Waals surface area contributed by atoms with Crippen LogP contribution in [0.3, 0.4) is 0 Å². The Morgan fingerprint density at radius 2 is 2.28 bits per heavy atom. The fraction of sp³-hybridized carbons (Fsp3) is 0.900. The van der Waals surface area contributed by atoms with Gasteiger partial charge in [-0.1, -0.05) is 5.16 Å². The number of nitrogens with zero attached hydrogens (tertiary/aromatic N) is 2. The molecule has 1 fully saturated rings. The van der Waals surface area contributed by atoms with Gasteiger partial charge in [0, 0.05) is 19.1 Å². The maximum absolute atomic E-state index is 12.6. The van der Waals surface area contributed by atoms with Gasteiger partial charge < -0.3 is 21.2 Å². The third kappa shape index (κ3) is 4.02. The van der Waals surface area contributed by atoms with Crippen molar-refractivity contribution in [2.24, 2.45) is 16.8 Å². The zero-order valence-corrected chi connectivity index (χ0v) is 10.2. The average Bonchev–Trinajstić information content (AvgIpc) is 2.68. The number of hydrogen-bond acceptors (Lipinski definition) is 4. The van der Waals surface area contributed by atoms with Crippen LogP contribution in [0.25, 0.3) is 0 Å². The summed E-state index contributed by atoms with van der Waals surface area (Å²) in [5.41, 5.74) is 5.05. The van der Waals surface area contributed by atoms with Crippen molar-refractivity contribution < 1.29 is 18.4 Å². The second-order valence-corrected chi connectivity index (χ2v) is 4.55. The summed E-state index contributed by atoms with van der Waals surface area (Å²) in [6.07, 6.45) is -2.47. The lowest BCUT2D eigenvalue weighted by molar-refractivity contribution is -0.154. The van der Waals surface area contributed by atoms with Crippen molar-refractivity contribution in [3.05, 3.63) is 0 Å². The smallest absolute Gasteiger partial charge is 0.400 e. The lowest BCUT2D eigenvalue weighted by atomic mass is 10.1. The maximum Gasteiger partial charge on any atom is 0.400 e. The van der Waals surface area contributed by atoms with Gasteiger partial charge in [-0.15, -0.1) is 0 Å². The normalized spacial score (nSPS) is 24.4. The van der Waals surface area contributed by atoms with Gasteiger partial charge in [-0.05, 0) is 26.4 Å². The molecule has 5 nitrogen and oxygen atoms in total. The van der Waals surface area contributed by atoms with E-state index in [2.05, 4.69) is 15.4 Å². The molecule has 0 aromatic heterocycles.